The predicted molar refractivity (Wildman–Crippen MR) is 133 cm³/mol. The van der Waals surface area contributed by atoms with Crippen LogP contribution in [-0.4, -0.2) is 22.8 Å². The van der Waals surface area contributed by atoms with Crippen molar-refractivity contribution < 1.29 is 13.9 Å². The first-order valence-corrected chi connectivity index (χ1v) is 11.7. The smallest absolute Gasteiger partial charge is 0.338 e. The Morgan fingerprint density at radius 3 is 2.15 bits per heavy atom. The summed E-state index contributed by atoms with van der Waals surface area (Å²) in [5.41, 5.74) is 4.47. The van der Waals surface area contributed by atoms with Gasteiger partial charge in [0.2, 0.25) is 11.8 Å². The van der Waals surface area contributed by atoms with E-state index in [2.05, 4.69) is 34.6 Å². The molecule has 0 spiro atoms. The molecule has 3 aromatic carbocycles. The lowest BCUT2D eigenvalue weighted by Gasteiger charge is -2.21. The lowest BCUT2D eigenvalue weighted by atomic mass is 9.99. The van der Waals surface area contributed by atoms with Gasteiger partial charge in [0, 0.05) is 16.8 Å². The zero-order valence-corrected chi connectivity index (χ0v) is 19.5. The van der Waals surface area contributed by atoms with E-state index in [9.17, 15) is 4.79 Å². The Labute approximate surface area is 200 Å². The number of ether oxygens (including phenoxy) is 1. The molecule has 0 aliphatic heterocycles. The average Bonchev–Trinajstić information content (AvgIpc) is 3.38. The highest BCUT2D eigenvalue weighted by molar-refractivity contribution is 5.89. The minimum absolute atomic E-state index is 0.144. The van der Waals surface area contributed by atoms with Gasteiger partial charge in [0.05, 0.1) is 18.2 Å². The number of carbonyl (C=O) groups excluding carboxylic acids is 1. The minimum atomic E-state index is -0.302. The fourth-order valence-electron chi connectivity index (χ4n) is 3.74. The summed E-state index contributed by atoms with van der Waals surface area (Å²) in [4.78, 5) is 11.9. The number of nitrogens with zero attached hydrogens (tertiary/aromatic N) is 2. The molecule has 0 amide bonds. The van der Waals surface area contributed by atoms with Crippen LogP contribution in [0.15, 0.2) is 83.3 Å². The second-order valence-electron chi connectivity index (χ2n) is 8.04. The molecule has 0 aliphatic rings. The summed E-state index contributed by atoms with van der Waals surface area (Å²) in [5, 5.41) is 12.0. The predicted octanol–water partition coefficient (Wildman–Crippen LogP) is 6.92. The number of anilines is 1. The van der Waals surface area contributed by atoms with Crippen LogP contribution in [0.3, 0.4) is 0 Å². The molecule has 0 aliphatic carbocycles. The fraction of sp³-hybridized carbons (Fsp3) is 0.250. The maximum Gasteiger partial charge on any atom is 0.338 e. The van der Waals surface area contributed by atoms with Gasteiger partial charge in [0.15, 0.2) is 0 Å². The minimum Gasteiger partial charge on any atom is -0.462 e. The topological polar surface area (TPSA) is 77.2 Å². The van der Waals surface area contributed by atoms with Crippen LogP contribution in [0.2, 0.25) is 0 Å². The maximum absolute atomic E-state index is 11.9. The average molecular weight is 456 g/mol. The van der Waals surface area contributed by atoms with Crippen molar-refractivity contribution in [2.75, 3.05) is 11.9 Å². The molecule has 0 saturated heterocycles. The van der Waals surface area contributed by atoms with E-state index >= 15 is 0 Å². The third kappa shape index (κ3) is 5.70. The van der Waals surface area contributed by atoms with Gasteiger partial charge < -0.3 is 14.5 Å². The van der Waals surface area contributed by atoms with E-state index in [0.29, 0.717) is 24.0 Å². The summed E-state index contributed by atoms with van der Waals surface area (Å²) in [6.45, 7) is 4.36. The van der Waals surface area contributed by atoms with Crippen LogP contribution in [0.5, 0.6) is 0 Å². The molecule has 6 nitrogen and oxygen atoms in total. The highest BCUT2D eigenvalue weighted by Gasteiger charge is 2.15. The number of esters is 1. The van der Waals surface area contributed by atoms with E-state index in [1.807, 2.05) is 54.6 Å². The maximum atomic E-state index is 11.9. The molecule has 1 heterocycles. The molecule has 1 atom stereocenters. The van der Waals surface area contributed by atoms with Crippen LogP contribution in [0.1, 0.15) is 55.1 Å². The second-order valence-corrected chi connectivity index (χ2v) is 8.04. The van der Waals surface area contributed by atoms with Crippen molar-refractivity contribution in [3.8, 4) is 22.9 Å². The third-order valence-electron chi connectivity index (χ3n) is 5.59. The van der Waals surface area contributed by atoms with Gasteiger partial charge in [-0.2, -0.15) is 0 Å². The molecule has 4 rings (SSSR count). The number of aromatic nitrogens is 2. The normalized spacial score (nSPS) is 11.7. The number of hydrogen-bond donors (Lipinski definition) is 1. The second kappa shape index (κ2) is 11.3. The molecule has 6 heteroatoms. The zero-order valence-electron chi connectivity index (χ0n) is 19.5. The summed E-state index contributed by atoms with van der Waals surface area (Å²) >= 11 is 0. The lowest BCUT2D eigenvalue weighted by molar-refractivity contribution is 0.0526. The van der Waals surface area contributed by atoms with Crippen molar-refractivity contribution in [3.63, 3.8) is 0 Å². The Kier molecular flexibility index (Phi) is 7.71. The van der Waals surface area contributed by atoms with Crippen molar-refractivity contribution in [3.05, 3.63) is 90.0 Å². The van der Waals surface area contributed by atoms with Gasteiger partial charge in [-0.05, 0) is 67.4 Å². The quantitative estimate of drug-likeness (QED) is 0.261. The van der Waals surface area contributed by atoms with Crippen LogP contribution in [0.4, 0.5) is 5.69 Å². The number of hydrogen-bond acceptors (Lipinski definition) is 6. The number of nitrogens with one attached hydrogen (secondary N) is 1. The summed E-state index contributed by atoms with van der Waals surface area (Å²) in [6.07, 6.45) is 3.21. The molecule has 0 bridgehead atoms. The van der Waals surface area contributed by atoms with Gasteiger partial charge in [-0.15, -0.1) is 10.2 Å². The Morgan fingerprint density at radius 2 is 1.53 bits per heavy atom. The van der Waals surface area contributed by atoms with Gasteiger partial charge in [0.25, 0.3) is 0 Å². The first kappa shape index (κ1) is 23.2. The Balaban J connectivity index is 1.49. The first-order chi connectivity index (χ1) is 16.7. The van der Waals surface area contributed by atoms with E-state index in [-0.39, 0.29) is 12.0 Å². The summed E-state index contributed by atoms with van der Waals surface area (Å²) in [5.74, 6) is 0.704. The zero-order chi connectivity index (χ0) is 23.8. The monoisotopic (exact) mass is 455 g/mol. The van der Waals surface area contributed by atoms with Gasteiger partial charge in [0.1, 0.15) is 0 Å². The van der Waals surface area contributed by atoms with E-state index in [0.717, 1.165) is 36.1 Å². The van der Waals surface area contributed by atoms with Crippen LogP contribution in [-0.2, 0) is 4.74 Å². The molecule has 1 N–H and O–H groups in total. The number of rotatable bonds is 10. The highest BCUT2D eigenvalue weighted by atomic mass is 16.5. The number of benzene rings is 3. The van der Waals surface area contributed by atoms with Gasteiger partial charge in [-0.3, -0.25) is 0 Å². The van der Waals surface area contributed by atoms with E-state index < -0.39 is 0 Å². The fourth-order valence-corrected chi connectivity index (χ4v) is 3.74. The number of unbranched alkanes of at least 4 members (excludes halogenated alkanes) is 1. The number of carbonyl (C=O) groups is 1. The van der Waals surface area contributed by atoms with Gasteiger partial charge >= 0.3 is 5.97 Å². The lowest BCUT2D eigenvalue weighted by Crippen LogP contribution is -2.11. The summed E-state index contributed by atoms with van der Waals surface area (Å²) in [7, 11) is 0. The molecule has 4 aromatic rings. The van der Waals surface area contributed by atoms with Crippen LogP contribution in [0.25, 0.3) is 22.9 Å². The Morgan fingerprint density at radius 1 is 0.882 bits per heavy atom. The third-order valence-corrected chi connectivity index (χ3v) is 5.59. The molecule has 0 fully saturated rings. The molecular formula is C28H29N3O3. The molecule has 174 valence electrons. The van der Waals surface area contributed by atoms with Crippen molar-refractivity contribution in [2.24, 2.45) is 0 Å². The van der Waals surface area contributed by atoms with Gasteiger partial charge in [-0.1, -0.05) is 50.1 Å². The first-order valence-electron chi connectivity index (χ1n) is 11.7. The SMILES string of the molecule is CCCCC(Nc1ccc(C(=O)OCC)cc1)c1ccc(-c2nnc(-c3ccccc3)o2)cc1. The molecular weight excluding hydrogens is 426 g/mol. The van der Waals surface area contributed by atoms with E-state index in [1.165, 1.54) is 5.56 Å². The summed E-state index contributed by atoms with van der Waals surface area (Å²) in [6, 6.07) is 25.5. The van der Waals surface area contributed by atoms with Crippen LogP contribution < -0.4 is 5.32 Å². The Hall–Kier alpha value is -3.93. The van der Waals surface area contributed by atoms with E-state index in [4.69, 9.17) is 9.15 Å². The largest absolute Gasteiger partial charge is 0.462 e. The summed E-state index contributed by atoms with van der Waals surface area (Å²) < 4.78 is 11.0. The molecule has 34 heavy (non-hydrogen) atoms. The standard InChI is InChI=1S/C28H29N3O3/c1-3-5-11-25(29-24-18-16-23(17-19-24)28(32)33-4-2)20-12-14-22(15-13-20)27-31-30-26(34-27)21-9-7-6-8-10-21/h6-10,12-19,25,29H,3-5,11H2,1-2H3. The van der Waals surface area contributed by atoms with Crippen LogP contribution >= 0.6 is 0 Å². The van der Waals surface area contributed by atoms with Crippen molar-refractivity contribution >= 4 is 11.7 Å². The van der Waals surface area contributed by atoms with Crippen molar-refractivity contribution in [1.82, 2.24) is 10.2 Å². The Bertz CT molecular complexity index is 1190. The molecule has 1 unspecified atom stereocenters. The van der Waals surface area contributed by atoms with Gasteiger partial charge in [-0.25, -0.2) is 4.79 Å². The van der Waals surface area contributed by atoms with E-state index in [1.54, 1.807) is 19.1 Å². The molecule has 1 aromatic heterocycles. The molecule has 0 saturated carbocycles. The molecule has 0 radical (unpaired) electrons. The highest BCUT2D eigenvalue weighted by Crippen LogP contribution is 2.28. The van der Waals surface area contributed by atoms with Crippen LogP contribution in [0, 0.1) is 0 Å². The van der Waals surface area contributed by atoms with Crippen molar-refractivity contribution in [1.29, 1.82) is 0 Å². The van der Waals surface area contributed by atoms with Crippen molar-refractivity contribution in [2.45, 2.75) is 39.2 Å².